The number of hydrogen-bond donors (Lipinski definition) is 1. The average molecular weight is 303 g/mol. The molecule has 2 rings (SSSR count). The summed E-state index contributed by atoms with van der Waals surface area (Å²) in [5, 5.41) is 4.53. The molecule has 1 unspecified atom stereocenters. The van der Waals surface area contributed by atoms with Crippen LogP contribution < -0.4 is 10.2 Å². The molecule has 0 saturated heterocycles. The standard InChI is InChI=1S/C17H25N3S/c1-5-13(3)20(4)17-19-16(14-10-8-7-9-11-14)15(21-17)12-18-6-2/h7-11,13,18H,5-6,12H2,1-4H3. The molecular formula is C17H25N3S. The lowest BCUT2D eigenvalue weighted by Gasteiger charge is -2.22. The van der Waals surface area contributed by atoms with E-state index < -0.39 is 0 Å². The largest absolute Gasteiger partial charge is 0.348 e. The SMILES string of the molecule is CCNCc1sc(N(C)C(C)CC)nc1-c1ccccc1. The molecule has 2 aromatic rings. The number of aromatic nitrogens is 1. The first kappa shape index (κ1) is 16.0. The van der Waals surface area contributed by atoms with Crippen molar-refractivity contribution in [2.45, 2.75) is 39.8 Å². The Kier molecular flexibility index (Phi) is 5.76. The summed E-state index contributed by atoms with van der Waals surface area (Å²) < 4.78 is 0. The van der Waals surface area contributed by atoms with E-state index in [1.54, 1.807) is 11.3 Å². The molecular weight excluding hydrogens is 278 g/mol. The molecule has 3 nitrogen and oxygen atoms in total. The highest BCUT2D eigenvalue weighted by Gasteiger charge is 2.17. The number of anilines is 1. The Morgan fingerprint density at radius 3 is 2.57 bits per heavy atom. The topological polar surface area (TPSA) is 28.2 Å². The van der Waals surface area contributed by atoms with Gasteiger partial charge < -0.3 is 10.2 Å². The van der Waals surface area contributed by atoms with Gasteiger partial charge in [0.1, 0.15) is 0 Å². The molecule has 1 atom stereocenters. The summed E-state index contributed by atoms with van der Waals surface area (Å²) in [5.74, 6) is 0. The number of nitrogens with zero attached hydrogens (tertiary/aromatic N) is 2. The highest BCUT2D eigenvalue weighted by molar-refractivity contribution is 7.16. The lowest BCUT2D eigenvalue weighted by atomic mass is 10.1. The molecule has 1 N–H and O–H groups in total. The summed E-state index contributed by atoms with van der Waals surface area (Å²) in [6.07, 6.45) is 1.12. The second-order valence-corrected chi connectivity index (χ2v) is 6.34. The van der Waals surface area contributed by atoms with Crippen molar-refractivity contribution in [1.29, 1.82) is 0 Å². The Balaban J connectivity index is 2.35. The molecule has 0 spiro atoms. The molecule has 1 heterocycles. The van der Waals surface area contributed by atoms with Gasteiger partial charge in [-0.2, -0.15) is 0 Å². The fourth-order valence-electron chi connectivity index (χ4n) is 2.13. The van der Waals surface area contributed by atoms with E-state index in [1.165, 1.54) is 10.4 Å². The maximum atomic E-state index is 4.91. The van der Waals surface area contributed by atoms with Gasteiger partial charge in [0, 0.05) is 30.1 Å². The van der Waals surface area contributed by atoms with Gasteiger partial charge in [0.15, 0.2) is 5.13 Å². The number of benzene rings is 1. The number of thiazole rings is 1. The van der Waals surface area contributed by atoms with Crippen LogP contribution in [-0.4, -0.2) is 24.6 Å². The molecule has 0 bridgehead atoms. The zero-order valence-electron chi connectivity index (χ0n) is 13.4. The predicted molar refractivity (Wildman–Crippen MR) is 93.1 cm³/mol. The Morgan fingerprint density at radius 2 is 1.95 bits per heavy atom. The van der Waals surface area contributed by atoms with Crippen LogP contribution >= 0.6 is 11.3 Å². The molecule has 0 radical (unpaired) electrons. The summed E-state index contributed by atoms with van der Waals surface area (Å²) in [7, 11) is 2.14. The normalized spacial score (nSPS) is 12.4. The Morgan fingerprint density at radius 1 is 1.24 bits per heavy atom. The van der Waals surface area contributed by atoms with E-state index in [1.807, 2.05) is 6.07 Å². The van der Waals surface area contributed by atoms with Gasteiger partial charge in [-0.15, -0.1) is 0 Å². The van der Waals surface area contributed by atoms with Crippen molar-refractivity contribution < 1.29 is 0 Å². The predicted octanol–water partition coefficient (Wildman–Crippen LogP) is 4.15. The van der Waals surface area contributed by atoms with Crippen molar-refractivity contribution in [3.63, 3.8) is 0 Å². The minimum Gasteiger partial charge on any atom is -0.348 e. The van der Waals surface area contributed by atoms with Gasteiger partial charge in [-0.25, -0.2) is 4.98 Å². The van der Waals surface area contributed by atoms with Crippen LogP contribution in [-0.2, 0) is 6.54 Å². The van der Waals surface area contributed by atoms with E-state index in [0.717, 1.165) is 30.3 Å². The van der Waals surface area contributed by atoms with Crippen LogP contribution in [0.4, 0.5) is 5.13 Å². The van der Waals surface area contributed by atoms with Crippen LogP contribution in [0.25, 0.3) is 11.3 Å². The Bertz CT molecular complexity index is 550. The first-order chi connectivity index (χ1) is 10.2. The van der Waals surface area contributed by atoms with E-state index >= 15 is 0 Å². The van der Waals surface area contributed by atoms with Gasteiger partial charge in [-0.1, -0.05) is 55.5 Å². The molecule has 0 amide bonds. The fourth-order valence-corrected chi connectivity index (χ4v) is 3.25. The summed E-state index contributed by atoms with van der Waals surface area (Å²) in [4.78, 5) is 8.50. The third kappa shape index (κ3) is 3.83. The maximum absolute atomic E-state index is 4.91. The van der Waals surface area contributed by atoms with Crippen LogP contribution in [0.3, 0.4) is 0 Å². The van der Waals surface area contributed by atoms with E-state index in [2.05, 4.69) is 62.3 Å². The molecule has 114 valence electrons. The van der Waals surface area contributed by atoms with E-state index in [4.69, 9.17) is 4.98 Å². The summed E-state index contributed by atoms with van der Waals surface area (Å²) in [6, 6.07) is 11.0. The van der Waals surface area contributed by atoms with E-state index in [9.17, 15) is 0 Å². The zero-order chi connectivity index (χ0) is 15.2. The second-order valence-electron chi connectivity index (χ2n) is 5.28. The van der Waals surface area contributed by atoms with E-state index in [0.29, 0.717) is 6.04 Å². The van der Waals surface area contributed by atoms with Crippen molar-refractivity contribution in [3.8, 4) is 11.3 Å². The molecule has 21 heavy (non-hydrogen) atoms. The van der Waals surface area contributed by atoms with Gasteiger partial charge in [-0.05, 0) is 19.9 Å². The summed E-state index contributed by atoms with van der Waals surface area (Å²) in [5.41, 5.74) is 2.32. The number of nitrogens with one attached hydrogen (secondary N) is 1. The molecule has 0 fully saturated rings. The molecule has 0 saturated carbocycles. The first-order valence-electron chi connectivity index (χ1n) is 7.66. The lowest BCUT2D eigenvalue weighted by molar-refractivity contribution is 0.662. The van der Waals surface area contributed by atoms with Crippen LogP contribution in [0.15, 0.2) is 30.3 Å². The van der Waals surface area contributed by atoms with Crippen molar-refractivity contribution in [2.24, 2.45) is 0 Å². The van der Waals surface area contributed by atoms with Gasteiger partial charge in [0.25, 0.3) is 0 Å². The zero-order valence-corrected chi connectivity index (χ0v) is 14.2. The lowest BCUT2D eigenvalue weighted by Crippen LogP contribution is -2.27. The third-order valence-corrected chi connectivity index (χ3v) is 4.97. The minimum absolute atomic E-state index is 0.506. The van der Waals surface area contributed by atoms with Crippen LogP contribution in [0.2, 0.25) is 0 Å². The molecule has 1 aromatic carbocycles. The average Bonchev–Trinajstić information content (AvgIpc) is 2.96. The monoisotopic (exact) mass is 303 g/mol. The van der Waals surface area contributed by atoms with Gasteiger partial charge in [-0.3, -0.25) is 0 Å². The van der Waals surface area contributed by atoms with Crippen LogP contribution in [0, 0.1) is 0 Å². The fraction of sp³-hybridized carbons (Fsp3) is 0.471. The van der Waals surface area contributed by atoms with Gasteiger partial charge >= 0.3 is 0 Å². The smallest absolute Gasteiger partial charge is 0.186 e. The molecule has 4 heteroatoms. The quantitative estimate of drug-likeness (QED) is 0.832. The van der Waals surface area contributed by atoms with Crippen molar-refractivity contribution in [1.82, 2.24) is 10.3 Å². The van der Waals surface area contributed by atoms with Crippen LogP contribution in [0.1, 0.15) is 32.1 Å². The van der Waals surface area contributed by atoms with Gasteiger partial charge in [0.05, 0.1) is 5.69 Å². The molecule has 1 aromatic heterocycles. The number of rotatable bonds is 7. The second kappa shape index (κ2) is 7.57. The van der Waals surface area contributed by atoms with Gasteiger partial charge in [0.2, 0.25) is 0 Å². The first-order valence-corrected chi connectivity index (χ1v) is 8.47. The van der Waals surface area contributed by atoms with E-state index in [-0.39, 0.29) is 0 Å². The van der Waals surface area contributed by atoms with Crippen molar-refractivity contribution in [3.05, 3.63) is 35.2 Å². The van der Waals surface area contributed by atoms with Crippen molar-refractivity contribution in [2.75, 3.05) is 18.5 Å². The highest BCUT2D eigenvalue weighted by atomic mass is 32.1. The number of hydrogen-bond acceptors (Lipinski definition) is 4. The third-order valence-electron chi connectivity index (χ3n) is 3.82. The Labute approximate surface area is 132 Å². The molecule has 0 aliphatic carbocycles. The summed E-state index contributed by atoms with van der Waals surface area (Å²) >= 11 is 1.80. The summed E-state index contributed by atoms with van der Waals surface area (Å²) in [6.45, 7) is 8.45. The van der Waals surface area contributed by atoms with Crippen LogP contribution in [0.5, 0.6) is 0 Å². The molecule has 0 aliphatic heterocycles. The molecule has 0 aliphatic rings. The van der Waals surface area contributed by atoms with Crippen molar-refractivity contribution >= 4 is 16.5 Å². The minimum atomic E-state index is 0.506. The Hall–Kier alpha value is -1.39. The highest BCUT2D eigenvalue weighted by Crippen LogP contribution is 2.33. The maximum Gasteiger partial charge on any atom is 0.186 e.